The van der Waals surface area contributed by atoms with Gasteiger partial charge >= 0.3 is 0 Å². The molecule has 1 rings (SSSR count). The van der Waals surface area contributed by atoms with E-state index in [1.807, 2.05) is 0 Å². The van der Waals surface area contributed by atoms with Crippen molar-refractivity contribution in [1.29, 1.82) is 0 Å². The average molecular weight is 331 g/mol. The molecule has 0 saturated carbocycles. The summed E-state index contributed by atoms with van der Waals surface area (Å²) in [5.74, 6) is 0. The van der Waals surface area contributed by atoms with E-state index in [0.29, 0.717) is 6.61 Å². The summed E-state index contributed by atoms with van der Waals surface area (Å²) in [7, 11) is 0. The van der Waals surface area contributed by atoms with Crippen molar-refractivity contribution in [2.75, 3.05) is 26.4 Å². The third-order valence-corrected chi connectivity index (χ3v) is 4.35. The first-order valence-electron chi connectivity index (χ1n) is 9.74. The number of hydrogen-bond acceptors (Lipinski definition) is 4. The van der Waals surface area contributed by atoms with Crippen LogP contribution in [0.1, 0.15) is 72.6 Å². The van der Waals surface area contributed by atoms with Gasteiger partial charge in [0.15, 0.2) is 0 Å². The van der Waals surface area contributed by atoms with E-state index >= 15 is 0 Å². The van der Waals surface area contributed by atoms with Crippen LogP contribution < -0.4 is 0 Å². The summed E-state index contributed by atoms with van der Waals surface area (Å²) in [6, 6.07) is 0. The molecule has 1 aliphatic heterocycles. The molecule has 0 aromatic carbocycles. The number of rotatable bonds is 14. The van der Waals surface area contributed by atoms with Crippen LogP contribution in [0.2, 0.25) is 0 Å². The van der Waals surface area contributed by atoms with Crippen LogP contribution in [0.5, 0.6) is 0 Å². The van der Waals surface area contributed by atoms with Crippen LogP contribution in [-0.2, 0) is 18.9 Å². The third-order valence-electron chi connectivity index (χ3n) is 4.35. The van der Waals surface area contributed by atoms with Crippen molar-refractivity contribution in [2.45, 2.75) is 97.1 Å². The van der Waals surface area contributed by atoms with Gasteiger partial charge in [0.05, 0.1) is 12.7 Å². The fourth-order valence-electron chi connectivity index (χ4n) is 2.84. The first kappa shape index (κ1) is 20.9. The Kier molecular flexibility index (Phi) is 12.0. The predicted molar refractivity (Wildman–Crippen MR) is 94.0 cm³/mol. The fraction of sp³-hybridized carbons (Fsp3) is 1.00. The molecule has 0 N–H and O–H groups in total. The van der Waals surface area contributed by atoms with E-state index in [2.05, 4.69) is 27.7 Å². The summed E-state index contributed by atoms with van der Waals surface area (Å²) >= 11 is 0. The zero-order chi connectivity index (χ0) is 16.9. The summed E-state index contributed by atoms with van der Waals surface area (Å²) in [4.78, 5) is 0. The normalized spacial score (nSPS) is 27.7. The predicted octanol–water partition coefficient (Wildman–Crippen LogP) is 4.35. The zero-order valence-corrected chi connectivity index (χ0v) is 15.7. The van der Waals surface area contributed by atoms with Gasteiger partial charge in [-0.05, 0) is 25.7 Å². The van der Waals surface area contributed by atoms with Crippen molar-refractivity contribution in [3.8, 4) is 0 Å². The first-order valence-corrected chi connectivity index (χ1v) is 9.74. The Morgan fingerprint density at radius 2 is 1.22 bits per heavy atom. The van der Waals surface area contributed by atoms with Gasteiger partial charge in [-0.3, -0.25) is 0 Å². The highest BCUT2D eigenvalue weighted by molar-refractivity contribution is 4.92. The standard InChI is InChI=1S/C19H38O4/c1-5-9-12-20-15-17-19(22-14-11-7-3)18(16(8-4)23-17)21-13-10-6-2/h16-19H,5-15H2,1-4H3/t16-,17+,18?,19-/m0/s1. The minimum atomic E-state index is 0.000267. The maximum absolute atomic E-state index is 6.20. The Hall–Kier alpha value is -0.160. The van der Waals surface area contributed by atoms with Gasteiger partial charge in [0.25, 0.3) is 0 Å². The molecule has 1 fully saturated rings. The van der Waals surface area contributed by atoms with Crippen molar-refractivity contribution in [3.63, 3.8) is 0 Å². The highest BCUT2D eigenvalue weighted by atomic mass is 16.6. The molecule has 4 atom stereocenters. The van der Waals surface area contributed by atoms with Crippen LogP contribution in [0.4, 0.5) is 0 Å². The van der Waals surface area contributed by atoms with Crippen LogP contribution in [0, 0.1) is 0 Å². The second-order valence-corrected chi connectivity index (χ2v) is 6.43. The third kappa shape index (κ3) is 7.51. The van der Waals surface area contributed by atoms with Gasteiger partial charge in [-0.2, -0.15) is 0 Å². The molecular weight excluding hydrogens is 292 g/mol. The lowest BCUT2D eigenvalue weighted by atomic mass is 10.1. The summed E-state index contributed by atoms with van der Waals surface area (Å²) in [6.07, 6.45) is 7.84. The second kappa shape index (κ2) is 13.2. The monoisotopic (exact) mass is 330 g/mol. The summed E-state index contributed by atoms with van der Waals surface area (Å²) in [5, 5.41) is 0. The smallest absolute Gasteiger partial charge is 0.115 e. The maximum atomic E-state index is 6.20. The van der Waals surface area contributed by atoms with Crippen molar-refractivity contribution in [1.82, 2.24) is 0 Å². The van der Waals surface area contributed by atoms with Gasteiger partial charge in [0.1, 0.15) is 18.3 Å². The second-order valence-electron chi connectivity index (χ2n) is 6.43. The van der Waals surface area contributed by atoms with Crippen LogP contribution in [0.15, 0.2) is 0 Å². The number of ether oxygens (including phenoxy) is 4. The van der Waals surface area contributed by atoms with E-state index in [-0.39, 0.29) is 24.4 Å². The van der Waals surface area contributed by atoms with Gasteiger partial charge in [0.2, 0.25) is 0 Å². The minimum Gasteiger partial charge on any atom is -0.379 e. The van der Waals surface area contributed by atoms with Crippen molar-refractivity contribution in [3.05, 3.63) is 0 Å². The molecule has 1 unspecified atom stereocenters. The Morgan fingerprint density at radius 1 is 0.696 bits per heavy atom. The van der Waals surface area contributed by atoms with Crippen molar-refractivity contribution in [2.24, 2.45) is 0 Å². The van der Waals surface area contributed by atoms with Gasteiger partial charge in [-0.25, -0.2) is 0 Å². The Labute approximate surface area is 143 Å². The molecule has 0 aromatic heterocycles. The van der Waals surface area contributed by atoms with Crippen LogP contribution in [0.3, 0.4) is 0 Å². The summed E-state index contributed by atoms with van der Waals surface area (Å²) in [5.41, 5.74) is 0. The molecule has 1 saturated heterocycles. The number of hydrogen-bond donors (Lipinski definition) is 0. The molecule has 1 heterocycles. The van der Waals surface area contributed by atoms with Gasteiger partial charge in [0, 0.05) is 19.8 Å². The molecule has 0 aliphatic carbocycles. The Morgan fingerprint density at radius 3 is 1.74 bits per heavy atom. The van der Waals surface area contributed by atoms with E-state index < -0.39 is 0 Å². The lowest BCUT2D eigenvalue weighted by Gasteiger charge is -2.24. The molecule has 0 aromatic rings. The van der Waals surface area contributed by atoms with E-state index in [9.17, 15) is 0 Å². The van der Waals surface area contributed by atoms with E-state index in [4.69, 9.17) is 18.9 Å². The maximum Gasteiger partial charge on any atom is 0.115 e. The van der Waals surface area contributed by atoms with Gasteiger partial charge < -0.3 is 18.9 Å². The average Bonchev–Trinajstić information content (AvgIpc) is 2.89. The SMILES string of the molecule is CCCCOC[C@H]1O[C@@H](CC)C(OCCCC)[C@H]1OCCCC. The lowest BCUT2D eigenvalue weighted by Crippen LogP contribution is -2.39. The van der Waals surface area contributed by atoms with Gasteiger partial charge in [-0.1, -0.05) is 47.0 Å². The first-order chi connectivity index (χ1) is 11.3. The largest absolute Gasteiger partial charge is 0.379 e. The van der Waals surface area contributed by atoms with Crippen LogP contribution in [-0.4, -0.2) is 50.8 Å². The topological polar surface area (TPSA) is 36.9 Å². The Balaban J connectivity index is 2.57. The molecule has 4 heteroatoms. The van der Waals surface area contributed by atoms with Crippen molar-refractivity contribution < 1.29 is 18.9 Å². The molecule has 0 bridgehead atoms. The molecule has 1 aliphatic rings. The highest BCUT2D eigenvalue weighted by Crippen LogP contribution is 2.29. The fourth-order valence-corrected chi connectivity index (χ4v) is 2.84. The van der Waals surface area contributed by atoms with Crippen molar-refractivity contribution >= 4 is 0 Å². The molecule has 23 heavy (non-hydrogen) atoms. The van der Waals surface area contributed by atoms with Crippen LogP contribution in [0.25, 0.3) is 0 Å². The van der Waals surface area contributed by atoms with Gasteiger partial charge in [-0.15, -0.1) is 0 Å². The molecule has 138 valence electrons. The molecule has 4 nitrogen and oxygen atoms in total. The molecular formula is C19H38O4. The highest BCUT2D eigenvalue weighted by Gasteiger charge is 2.45. The van der Waals surface area contributed by atoms with Crippen LogP contribution >= 0.6 is 0 Å². The summed E-state index contributed by atoms with van der Waals surface area (Å²) < 4.78 is 24.3. The molecule has 0 radical (unpaired) electrons. The quantitative estimate of drug-likeness (QED) is 0.444. The van der Waals surface area contributed by atoms with E-state index in [1.54, 1.807) is 0 Å². The molecule has 0 amide bonds. The molecule has 0 spiro atoms. The Bertz CT molecular complexity index is 272. The van der Waals surface area contributed by atoms with E-state index in [0.717, 1.165) is 64.8 Å². The zero-order valence-electron chi connectivity index (χ0n) is 15.7. The lowest BCUT2D eigenvalue weighted by molar-refractivity contribution is -0.0795. The number of unbranched alkanes of at least 4 members (excludes halogenated alkanes) is 3. The summed E-state index contributed by atoms with van der Waals surface area (Å²) in [6.45, 7) is 11.7. The minimum absolute atomic E-state index is 0.000267. The van der Waals surface area contributed by atoms with E-state index in [1.165, 1.54) is 0 Å².